The molecule has 1 aromatic heterocycles. The third kappa shape index (κ3) is 1.26. The van der Waals surface area contributed by atoms with Crippen LogP contribution in [0, 0.1) is 6.92 Å². The summed E-state index contributed by atoms with van der Waals surface area (Å²) in [5.74, 6) is 1.12. The Balaban J connectivity index is 2.08. The van der Waals surface area contributed by atoms with Gasteiger partial charge in [-0.3, -0.25) is 0 Å². The Morgan fingerprint density at radius 3 is 2.94 bits per heavy atom. The SMILES string of the molecule is Cc1ccc2c(c1)nc1n2CCc2ccccc2-1. The van der Waals surface area contributed by atoms with Crippen LogP contribution in [0.1, 0.15) is 11.1 Å². The third-order valence-electron chi connectivity index (χ3n) is 3.77. The molecule has 2 heterocycles. The van der Waals surface area contributed by atoms with Gasteiger partial charge < -0.3 is 4.57 Å². The molecule has 0 fully saturated rings. The van der Waals surface area contributed by atoms with E-state index < -0.39 is 0 Å². The van der Waals surface area contributed by atoms with E-state index in [0.717, 1.165) is 24.3 Å². The van der Waals surface area contributed by atoms with Crippen LogP contribution in [-0.2, 0) is 13.0 Å². The average Bonchev–Trinajstić information content (AvgIpc) is 2.76. The van der Waals surface area contributed by atoms with Crippen LogP contribution >= 0.6 is 0 Å². The molecule has 1 aliphatic heterocycles. The Morgan fingerprint density at radius 1 is 1.11 bits per heavy atom. The first-order valence-electron chi connectivity index (χ1n) is 6.38. The second-order valence-electron chi connectivity index (χ2n) is 4.99. The molecule has 0 N–H and O–H groups in total. The van der Waals surface area contributed by atoms with Gasteiger partial charge in [0, 0.05) is 12.1 Å². The van der Waals surface area contributed by atoms with E-state index >= 15 is 0 Å². The summed E-state index contributed by atoms with van der Waals surface area (Å²) >= 11 is 0. The van der Waals surface area contributed by atoms with E-state index in [9.17, 15) is 0 Å². The maximum absolute atomic E-state index is 4.82. The molecule has 0 spiro atoms. The van der Waals surface area contributed by atoms with E-state index in [1.54, 1.807) is 0 Å². The number of fused-ring (bicyclic) bond motifs is 5. The summed E-state index contributed by atoms with van der Waals surface area (Å²) in [4.78, 5) is 4.82. The Bertz CT molecular complexity index is 753. The molecule has 2 nitrogen and oxygen atoms in total. The van der Waals surface area contributed by atoms with Crippen LogP contribution in [0.2, 0.25) is 0 Å². The van der Waals surface area contributed by atoms with Gasteiger partial charge in [-0.2, -0.15) is 0 Å². The lowest BCUT2D eigenvalue weighted by atomic mass is 10.0. The zero-order valence-corrected chi connectivity index (χ0v) is 10.4. The van der Waals surface area contributed by atoms with Gasteiger partial charge in [-0.05, 0) is 36.6 Å². The van der Waals surface area contributed by atoms with Gasteiger partial charge in [-0.25, -0.2) is 4.98 Å². The predicted molar refractivity (Wildman–Crippen MR) is 73.6 cm³/mol. The molecule has 0 unspecified atom stereocenters. The van der Waals surface area contributed by atoms with Crippen molar-refractivity contribution in [3.8, 4) is 11.4 Å². The minimum absolute atomic E-state index is 1.03. The second-order valence-corrected chi connectivity index (χ2v) is 4.99. The molecular formula is C16H14N2. The molecule has 18 heavy (non-hydrogen) atoms. The van der Waals surface area contributed by atoms with Gasteiger partial charge in [0.25, 0.3) is 0 Å². The fourth-order valence-electron chi connectivity index (χ4n) is 2.86. The Labute approximate surface area is 106 Å². The molecule has 2 aromatic carbocycles. The standard InChI is InChI=1S/C16H14N2/c1-11-6-7-15-14(10-11)17-16-13-5-3-2-4-12(13)8-9-18(15)16/h2-7,10H,8-9H2,1H3. The normalized spacial score (nSPS) is 13.4. The van der Waals surface area contributed by atoms with Crippen LogP contribution in [0.4, 0.5) is 0 Å². The van der Waals surface area contributed by atoms with Gasteiger partial charge in [-0.1, -0.05) is 30.3 Å². The molecule has 0 amide bonds. The second kappa shape index (κ2) is 3.45. The number of hydrogen-bond acceptors (Lipinski definition) is 1. The first-order valence-corrected chi connectivity index (χ1v) is 6.38. The van der Waals surface area contributed by atoms with Crippen molar-refractivity contribution in [1.29, 1.82) is 0 Å². The van der Waals surface area contributed by atoms with Crippen molar-refractivity contribution in [3.05, 3.63) is 53.6 Å². The molecule has 3 aromatic rings. The number of rotatable bonds is 0. The highest BCUT2D eigenvalue weighted by atomic mass is 15.1. The van der Waals surface area contributed by atoms with Crippen molar-refractivity contribution >= 4 is 11.0 Å². The molecule has 0 radical (unpaired) electrons. The number of hydrogen-bond donors (Lipinski definition) is 0. The van der Waals surface area contributed by atoms with E-state index in [2.05, 4.69) is 54.0 Å². The first-order chi connectivity index (χ1) is 8.83. The zero-order valence-electron chi connectivity index (χ0n) is 10.4. The quantitative estimate of drug-likeness (QED) is 0.581. The highest BCUT2D eigenvalue weighted by Crippen LogP contribution is 2.32. The van der Waals surface area contributed by atoms with Crippen molar-refractivity contribution < 1.29 is 0 Å². The molecule has 4 rings (SSSR count). The van der Waals surface area contributed by atoms with Crippen LogP contribution in [0.5, 0.6) is 0 Å². The minimum Gasteiger partial charge on any atom is -0.324 e. The largest absolute Gasteiger partial charge is 0.324 e. The van der Waals surface area contributed by atoms with E-state index in [4.69, 9.17) is 4.98 Å². The lowest BCUT2D eigenvalue weighted by Gasteiger charge is -2.18. The Hall–Kier alpha value is -2.09. The van der Waals surface area contributed by atoms with Crippen LogP contribution in [-0.4, -0.2) is 9.55 Å². The molecule has 0 aliphatic carbocycles. The number of benzene rings is 2. The molecule has 0 bridgehead atoms. The monoisotopic (exact) mass is 234 g/mol. The molecule has 0 saturated carbocycles. The molecule has 2 heteroatoms. The number of aromatic nitrogens is 2. The van der Waals surface area contributed by atoms with E-state index in [-0.39, 0.29) is 0 Å². The number of nitrogens with zero attached hydrogens (tertiary/aromatic N) is 2. The molecule has 0 saturated heterocycles. The maximum atomic E-state index is 4.82. The van der Waals surface area contributed by atoms with Gasteiger partial charge >= 0.3 is 0 Å². The topological polar surface area (TPSA) is 17.8 Å². The van der Waals surface area contributed by atoms with E-state index in [0.29, 0.717) is 0 Å². The summed E-state index contributed by atoms with van der Waals surface area (Å²) in [6.07, 6.45) is 1.10. The minimum atomic E-state index is 1.03. The summed E-state index contributed by atoms with van der Waals surface area (Å²) in [6, 6.07) is 15.1. The third-order valence-corrected chi connectivity index (χ3v) is 3.77. The fraction of sp³-hybridized carbons (Fsp3) is 0.188. The van der Waals surface area contributed by atoms with E-state index in [1.807, 2.05) is 0 Å². The van der Waals surface area contributed by atoms with Crippen molar-refractivity contribution in [1.82, 2.24) is 9.55 Å². The van der Waals surface area contributed by atoms with Gasteiger partial charge in [0.05, 0.1) is 11.0 Å². The van der Waals surface area contributed by atoms with Crippen LogP contribution in [0.25, 0.3) is 22.4 Å². The Morgan fingerprint density at radius 2 is 2.00 bits per heavy atom. The van der Waals surface area contributed by atoms with E-state index in [1.165, 1.54) is 22.2 Å². The highest BCUT2D eigenvalue weighted by Gasteiger charge is 2.19. The highest BCUT2D eigenvalue weighted by molar-refractivity contribution is 5.82. The van der Waals surface area contributed by atoms with Crippen molar-refractivity contribution in [3.63, 3.8) is 0 Å². The van der Waals surface area contributed by atoms with Crippen LogP contribution in [0.3, 0.4) is 0 Å². The summed E-state index contributed by atoms with van der Waals surface area (Å²) < 4.78 is 2.34. The average molecular weight is 234 g/mol. The van der Waals surface area contributed by atoms with Crippen molar-refractivity contribution in [2.24, 2.45) is 0 Å². The molecule has 88 valence electrons. The molecule has 1 aliphatic rings. The maximum Gasteiger partial charge on any atom is 0.141 e. The Kier molecular flexibility index (Phi) is 1.90. The molecular weight excluding hydrogens is 220 g/mol. The summed E-state index contributed by atoms with van der Waals surface area (Å²) in [5.41, 5.74) is 6.34. The summed E-state index contributed by atoms with van der Waals surface area (Å²) in [7, 11) is 0. The van der Waals surface area contributed by atoms with Gasteiger partial charge in [0.2, 0.25) is 0 Å². The van der Waals surface area contributed by atoms with Gasteiger partial charge in [0.1, 0.15) is 5.82 Å². The smallest absolute Gasteiger partial charge is 0.141 e. The number of imidazole rings is 1. The van der Waals surface area contributed by atoms with Crippen LogP contribution in [0.15, 0.2) is 42.5 Å². The first kappa shape index (κ1) is 9.89. The molecule has 0 atom stereocenters. The van der Waals surface area contributed by atoms with Crippen molar-refractivity contribution in [2.45, 2.75) is 19.9 Å². The van der Waals surface area contributed by atoms with Gasteiger partial charge in [0.15, 0.2) is 0 Å². The van der Waals surface area contributed by atoms with Crippen LogP contribution < -0.4 is 0 Å². The lowest BCUT2D eigenvalue weighted by Crippen LogP contribution is -2.10. The predicted octanol–water partition coefficient (Wildman–Crippen LogP) is 3.57. The fourth-order valence-corrected chi connectivity index (χ4v) is 2.86. The zero-order chi connectivity index (χ0) is 12.1. The van der Waals surface area contributed by atoms with Gasteiger partial charge in [-0.15, -0.1) is 0 Å². The summed E-state index contributed by atoms with van der Waals surface area (Å²) in [6.45, 7) is 3.15. The lowest BCUT2D eigenvalue weighted by molar-refractivity contribution is 0.702. The number of aryl methyl sites for hydroxylation is 3. The summed E-state index contributed by atoms with van der Waals surface area (Å²) in [5, 5.41) is 0. The van der Waals surface area contributed by atoms with Crippen molar-refractivity contribution in [2.75, 3.05) is 0 Å².